The van der Waals surface area contributed by atoms with Gasteiger partial charge in [0.05, 0.1) is 0 Å². The summed E-state index contributed by atoms with van der Waals surface area (Å²) in [5.41, 5.74) is 1.11. The van der Waals surface area contributed by atoms with Gasteiger partial charge < -0.3 is 5.11 Å². The van der Waals surface area contributed by atoms with Gasteiger partial charge in [0.2, 0.25) is 0 Å². The Labute approximate surface area is 90.9 Å². The summed E-state index contributed by atoms with van der Waals surface area (Å²) < 4.78 is 0. The van der Waals surface area contributed by atoms with Crippen LogP contribution >= 0.6 is 0 Å². The molecule has 0 aliphatic heterocycles. The highest BCUT2D eigenvalue weighted by Gasteiger charge is 2.21. The van der Waals surface area contributed by atoms with Crippen molar-refractivity contribution >= 4 is 5.78 Å². The molecule has 0 spiro atoms. The summed E-state index contributed by atoms with van der Waals surface area (Å²) >= 11 is 0. The number of phenols is 1. The van der Waals surface area contributed by atoms with Crippen molar-refractivity contribution < 1.29 is 9.90 Å². The Morgan fingerprint density at radius 2 is 1.87 bits per heavy atom. The number of carbonyl (C=O) groups is 1. The maximum atomic E-state index is 11.4. The Morgan fingerprint density at radius 1 is 1.33 bits per heavy atom. The molecule has 2 atom stereocenters. The van der Waals surface area contributed by atoms with Gasteiger partial charge in [-0.15, -0.1) is 0 Å². The zero-order valence-corrected chi connectivity index (χ0v) is 9.53. The maximum Gasteiger partial charge on any atom is 0.133 e. The second kappa shape index (κ2) is 4.96. The van der Waals surface area contributed by atoms with Crippen molar-refractivity contribution in [2.45, 2.75) is 33.1 Å². The van der Waals surface area contributed by atoms with Gasteiger partial charge >= 0.3 is 0 Å². The molecule has 0 aliphatic carbocycles. The Kier molecular flexibility index (Phi) is 3.89. The molecule has 0 radical (unpaired) electrons. The lowest BCUT2D eigenvalue weighted by molar-refractivity contribution is -0.121. The molecule has 2 unspecified atom stereocenters. The van der Waals surface area contributed by atoms with Gasteiger partial charge in [-0.1, -0.05) is 26.0 Å². The van der Waals surface area contributed by atoms with Gasteiger partial charge in [-0.25, -0.2) is 0 Å². The van der Waals surface area contributed by atoms with Crippen LogP contribution in [0.15, 0.2) is 24.3 Å². The van der Waals surface area contributed by atoms with Crippen molar-refractivity contribution in [1.29, 1.82) is 0 Å². The van der Waals surface area contributed by atoms with Crippen molar-refractivity contribution in [2.24, 2.45) is 5.92 Å². The Hall–Kier alpha value is -1.31. The molecule has 1 rings (SSSR count). The van der Waals surface area contributed by atoms with Crippen LogP contribution in [0.25, 0.3) is 0 Å². The highest BCUT2D eigenvalue weighted by atomic mass is 16.3. The first-order valence-electron chi connectivity index (χ1n) is 5.35. The van der Waals surface area contributed by atoms with E-state index in [2.05, 4.69) is 6.92 Å². The average Bonchev–Trinajstić information content (AvgIpc) is 2.19. The van der Waals surface area contributed by atoms with Crippen LogP contribution in [0.5, 0.6) is 5.75 Å². The minimum atomic E-state index is 0.0783. The summed E-state index contributed by atoms with van der Waals surface area (Å²) in [6, 6.07) is 7.09. The third-order valence-corrected chi connectivity index (χ3v) is 2.98. The number of hydrogen-bond acceptors (Lipinski definition) is 2. The van der Waals surface area contributed by atoms with Gasteiger partial charge in [0, 0.05) is 5.92 Å². The molecule has 0 fully saturated rings. The number of ketones is 1. The molecule has 0 saturated carbocycles. The number of phenolic OH excluding ortho intramolecular Hbond substituents is 1. The zero-order valence-electron chi connectivity index (χ0n) is 9.53. The lowest BCUT2D eigenvalue weighted by atomic mass is 9.83. The minimum absolute atomic E-state index is 0.0783. The molecule has 82 valence electrons. The van der Waals surface area contributed by atoms with E-state index < -0.39 is 0 Å². The molecule has 0 saturated heterocycles. The summed E-state index contributed by atoms with van der Waals surface area (Å²) in [5.74, 6) is 0.794. The standard InChI is InChI=1S/C13H18O2/c1-4-13(10(3)14)9(2)11-5-7-12(15)8-6-11/h5-9,13,15H,4H2,1-3H3. The predicted octanol–water partition coefficient (Wildman–Crippen LogP) is 3.11. The summed E-state index contributed by atoms with van der Waals surface area (Å²) in [6.45, 7) is 5.73. The Balaban J connectivity index is 2.87. The van der Waals surface area contributed by atoms with Crippen LogP contribution in [0, 0.1) is 5.92 Å². The van der Waals surface area contributed by atoms with Crippen LogP contribution < -0.4 is 0 Å². The smallest absolute Gasteiger partial charge is 0.133 e. The van der Waals surface area contributed by atoms with Crippen LogP contribution in [0.4, 0.5) is 0 Å². The first-order chi connectivity index (χ1) is 7.06. The summed E-state index contributed by atoms with van der Waals surface area (Å²) in [6.07, 6.45) is 0.859. The molecule has 1 aromatic rings. The van der Waals surface area contributed by atoms with Gasteiger partial charge in [0.25, 0.3) is 0 Å². The predicted molar refractivity (Wildman–Crippen MR) is 61.0 cm³/mol. The molecule has 0 heterocycles. The largest absolute Gasteiger partial charge is 0.508 e. The quantitative estimate of drug-likeness (QED) is 0.821. The summed E-state index contributed by atoms with van der Waals surface area (Å²) in [4.78, 5) is 11.4. The van der Waals surface area contributed by atoms with E-state index in [-0.39, 0.29) is 23.4 Å². The Bertz CT molecular complexity index is 327. The van der Waals surface area contributed by atoms with E-state index in [9.17, 15) is 9.90 Å². The number of benzene rings is 1. The zero-order chi connectivity index (χ0) is 11.4. The third-order valence-electron chi connectivity index (χ3n) is 2.98. The van der Waals surface area contributed by atoms with Gasteiger partial charge in [-0.3, -0.25) is 4.79 Å². The minimum Gasteiger partial charge on any atom is -0.508 e. The number of carbonyl (C=O) groups excluding carboxylic acids is 1. The van der Waals surface area contributed by atoms with Crippen LogP contribution in [-0.2, 0) is 4.79 Å². The number of Topliss-reactive ketones (excluding diaryl/α,β-unsaturated/α-hetero) is 1. The van der Waals surface area contributed by atoms with E-state index in [0.717, 1.165) is 12.0 Å². The summed E-state index contributed by atoms with van der Waals surface area (Å²) in [5, 5.41) is 9.18. The molecule has 1 N–H and O–H groups in total. The van der Waals surface area contributed by atoms with Crippen molar-refractivity contribution in [3.8, 4) is 5.75 Å². The molecule has 15 heavy (non-hydrogen) atoms. The molecule has 0 aromatic heterocycles. The number of hydrogen-bond donors (Lipinski definition) is 1. The highest BCUT2D eigenvalue weighted by Crippen LogP contribution is 2.28. The normalized spacial score (nSPS) is 14.6. The van der Waals surface area contributed by atoms with Crippen LogP contribution in [0.2, 0.25) is 0 Å². The molecule has 1 aromatic carbocycles. The monoisotopic (exact) mass is 206 g/mol. The highest BCUT2D eigenvalue weighted by molar-refractivity contribution is 5.79. The molecule has 0 amide bonds. The lowest BCUT2D eigenvalue weighted by Crippen LogP contribution is -2.17. The van der Waals surface area contributed by atoms with E-state index >= 15 is 0 Å². The molecular weight excluding hydrogens is 188 g/mol. The van der Waals surface area contributed by atoms with Crippen molar-refractivity contribution in [1.82, 2.24) is 0 Å². The van der Waals surface area contributed by atoms with Crippen molar-refractivity contribution in [3.63, 3.8) is 0 Å². The first-order valence-corrected chi connectivity index (χ1v) is 5.35. The fraction of sp³-hybridized carbons (Fsp3) is 0.462. The van der Waals surface area contributed by atoms with Gasteiger partial charge in [-0.2, -0.15) is 0 Å². The van der Waals surface area contributed by atoms with Crippen LogP contribution in [0.1, 0.15) is 38.7 Å². The third kappa shape index (κ3) is 2.82. The fourth-order valence-electron chi connectivity index (χ4n) is 2.00. The van der Waals surface area contributed by atoms with E-state index in [1.54, 1.807) is 19.1 Å². The van der Waals surface area contributed by atoms with Crippen molar-refractivity contribution in [2.75, 3.05) is 0 Å². The van der Waals surface area contributed by atoms with E-state index in [1.165, 1.54) is 0 Å². The van der Waals surface area contributed by atoms with E-state index in [1.807, 2.05) is 19.1 Å². The van der Waals surface area contributed by atoms with Crippen LogP contribution in [-0.4, -0.2) is 10.9 Å². The fourth-order valence-corrected chi connectivity index (χ4v) is 2.00. The second-order valence-electron chi connectivity index (χ2n) is 4.01. The van der Waals surface area contributed by atoms with E-state index in [4.69, 9.17) is 0 Å². The molecule has 0 bridgehead atoms. The maximum absolute atomic E-state index is 11.4. The second-order valence-corrected chi connectivity index (χ2v) is 4.01. The first kappa shape index (κ1) is 11.8. The SMILES string of the molecule is CCC(C(C)=O)C(C)c1ccc(O)cc1. The molecule has 2 nitrogen and oxygen atoms in total. The van der Waals surface area contributed by atoms with Gasteiger partial charge in [0.1, 0.15) is 11.5 Å². The number of rotatable bonds is 4. The molecular formula is C13H18O2. The number of aromatic hydroxyl groups is 1. The Morgan fingerprint density at radius 3 is 2.27 bits per heavy atom. The van der Waals surface area contributed by atoms with Gasteiger partial charge in [0.15, 0.2) is 0 Å². The molecule has 0 aliphatic rings. The lowest BCUT2D eigenvalue weighted by Gasteiger charge is -2.20. The molecule has 2 heteroatoms. The van der Waals surface area contributed by atoms with Crippen LogP contribution in [0.3, 0.4) is 0 Å². The van der Waals surface area contributed by atoms with Gasteiger partial charge in [-0.05, 0) is 37.0 Å². The topological polar surface area (TPSA) is 37.3 Å². The van der Waals surface area contributed by atoms with Crippen molar-refractivity contribution in [3.05, 3.63) is 29.8 Å². The van der Waals surface area contributed by atoms with E-state index in [0.29, 0.717) is 0 Å². The summed E-state index contributed by atoms with van der Waals surface area (Å²) in [7, 11) is 0. The average molecular weight is 206 g/mol.